The fourth-order valence-electron chi connectivity index (χ4n) is 4.76. The van der Waals surface area contributed by atoms with E-state index >= 15 is 0 Å². The molecule has 1 unspecified atom stereocenters. The fraction of sp³-hybridized carbons (Fsp3) is 0.440. The van der Waals surface area contributed by atoms with Gasteiger partial charge in [-0.25, -0.2) is 0 Å². The minimum atomic E-state index is -4.66. The van der Waals surface area contributed by atoms with Crippen LogP contribution in [0.5, 0.6) is 0 Å². The SMILES string of the molecule is CC1(c2cc(Cl)c(Cl)c(C(F)(F)F)c2)CC(c2ccc(C3(O)CN(C(=O)C4CCC4)C3)cc2)=NO1. The number of aliphatic hydroxyl groups is 1. The summed E-state index contributed by atoms with van der Waals surface area (Å²) < 4.78 is 40.2. The summed E-state index contributed by atoms with van der Waals surface area (Å²) in [6.45, 7) is 2.17. The van der Waals surface area contributed by atoms with Crippen LogP contribution in [0.15, 0.2) is 41.6 Å². The summed E-state index contributed by atoms with van der Waals surface area (Å²) in [5, 5.41) is 14.3. The van der Waals surface area contributed by atoms with Crippen LogP contribution in [0.3, 0.4) is 0 Å². The van der Waals surface area contributed by atoms with Crippen molar-refractivity contribution in [3.63, 3.8) is 0 Å². The fourth-order valence-corrected chi connectivity index (χ4v) is 5.20. The van der Waals surface area contributed by atoms with Crippen molar-refractivity contribution in [2.24, 2.45) is 11.1 Å². The zero-order valence-corrected chi connectivity index (χ0v) is 20.3. The zero-order valence-electron chi connectivity index (χ0n) is 18.8. The molecule has 0 aromatic heterocycles. The first-order valence-electron chi connectivity index (χ1n) is 11.3. The first-order valence-corrected chi connectivity index (χ1v) is 12.1. The van der Waals surface area contributed by atoms with Gasteiger partial charge in [-0.3, -0.25) is 4.79 Å². The number of oxime groups is 1. The molecule has 2 heterocycles. The largest absolute Gasteiger partial charge is 0.417 e. The number of amides is 1. The van der Waals surface area contributed by atoms with E-state index in [-0.39, 0.29) is 41.9 Å². The monoisotopic (exact) mass is 526 g/mol. The summed E-state index contributed by atoms with van der Waals surface area (Å²) in [5.74, 6) is 0.213. The first kappa shape index (κ1) is 24.4. The van der Waals surface area contributed by atoms with Crippen LogP contribution < -0.4 is 0 Å². The van der Waals surface area contributed by atoms with E-state index in [2.05, 4.69) is 5.16 Å². The molecule has 186 valence electrons. The van der Waals surface area contributed by atoms with Crippen LogP contribution in [0.1, 0.15) is 54.9 Å². The van der Waals surface area contributed by atoms with Crippen molar-refractivity contribution in [2.75, 3.05) is 13.1 Å². The van der Waals surface area contributed by atoms with Gasteiger partial charge in [0, 0.05) is 17.9 Å². The topological polar surface area (TPSA) is 62.1 Å². The summed E-state index contributed by atoms with van der Waals surface area (Å²) in [4.78, 5) is 19.6. The van der Waals surface area contributed by atoms with E-state index in [1.807, 2.05) is 0 Å². The molecule has 1 N–H and O–H groups in total. The van der Waals surface area contributed by atoms with E-state index in [0.717, 1.165) is 30.9 Å². The van der Waals surface area contributed by atoms with Crippen LogP contribution >= 0.6 is 23.2 Å². The molecular weight excluding hydrogens is 504 g/mol. The van der Waals surface area contributed by atoms with E-state index < -0.39 is 28.0 Å². The van der Waals surface area contributed by atoms with Crippen LogP contribution in [-0.4, -0.2) is 34.7 Å². The molecule has 2 aromatic rings. The molecule has 3 aliphatic rings. The van der Waals surface area contributed by atoms with E-state index in [0.29, 0.717) is 11.3 Å². The Balaban J connectivity index is 1.29. The number of carbonyl (C=O) groups excluding carboxylic acids is 1. The predicted octanol–water partition coefficient (Wildman–Crippen LogP) is 5.88. The quantitative estimate of drug-likeness (QED) is 0.540. The highest BCUT2D eigenvalue weighted by atomic mass is 35.5. The third-order valence-electron chi connectivity index (χ3n) is 7.23. The molecule has 0 radical (unpaired) electrons. The molecule has 5 rings (SSSR count). The number of rotatable bonds is 4. The Morgan fingerprint density at radius 1 is 1.14 bits per heavy atom. The summed E-state index contributed by atoms with van der Waals surface area (Å²) in [7, 11) is 0. The third kappa shape index (κ3) is 4.30. The van der Waals surface area contributed by atoms with Gasteiger partial charge >= 0.3 is 6.18 Å². The van der Waals surface area contributed by atoms with Crippen molar-refractivity contribution in [1.29, 1.82) is 0 Å². The lowest BCUT2D eigenvalue weighted by molar-refractivity contribution is -0.163. The lowest BCUT2D eigenvalue weighted by Gasteiger charge is -2.48. The maximum Gasteiger partial charge on any atom is 0.417 e. The van der Waals surface area contributed by atoms with E-state index in [1.54, 1.807) is 36.1 Å². The zero-order chi connectivity index (χ0) is 25.2. The summed E-state index contributed by atoms with van der Waals surface area (Å²) >= 11 is 11.8. The molecule has 1 atom stereocenters. The average molecular weight is 527 g/mol. The van der Waals surface area contributed by atoms with Crippen LogP contribution in [0.25, 0.3) is 0 Å². The van der Waals surface area contributed by atoms with Crippen LogP contribution in [0.4, 0.5) is 13.2 Å². The normalized spacial score (nSPS) is 23.9. The van der Waals surface area contributed by atoms with Crippen molar-refractivity contribution in [1.82, 2.24) is 4.90 Å². The summed E-state index contributed by atoms with van der Waals surface area (Å²) in [5.41, 5.74) is -1.08. The van der Waals surface area contributed by atoms with Gasteiger partial charge in [-0.1, -0.05) is 59.0 Å². The molecule has 1 saturated carbocycles. The maximum atomic E-state index is 13.4. The predicted molar refractivity (Wildman–Crippen MR) is 125 cm³/mol. The lowest BCUT2D eigenvalue weighted by Crippen LogP contribution is -2.62. The third-order valence-corrected chi connectivity index (χ3v) is 8.03. The van der Waals surface area contributed by atoms with Crippen molar-refractivity contribution in [2.45, 2.75) is 50.0 Å². The Labute approximate surface area is 210 Å². The van der Waals surface area contributed by atoms with Crippen LogP contribution in [0.2, 0.25) is 10.0 Å². The second-order valence-corrected chi connectivity index (χ2v) is 10.6. The molecule has 0 bridgehead atoms. The first-order chi connectivity index (χ1) is 16.4. The Hall–Kier alpha value is -2.29. The Bertz CT molecular complexity index is 1210. The van der Waals surface area contributed by atoms with Gasteiger partial charge < -0.3 is 14.8 Å². The molecule has 1 amide bonds. The molecule has 0 spiro atoms. The number of carbonyl (C=O) groups is 1. The molecule has 1 saturated heterocycles. The Morgan fingerprint density at radius 2 is 1.80 bits per heavy atom. The standard InChI is InChI=1S/C25H23Cl2F3N2O3/c1-23(17-9-18(25(28,29)30)21(27)19(26)10-17)11-20(31-35-23)14-5-7-16(8-6-14)24(34)12-32(13-24)22(33)15-3-2-4-15/h5-10,15,34H,2-4,11-13H2,1H3. The number of alkyl halides is 3. The molecule has 10 heteroatoms. The molecular formula is C25H23Cl2F3N2O3. The molecule has 2 aliphatic heterocycles. The van der Waals surface area contributed by atoms with Gasteiger partial charge in [-0.05, 0) is 43.0 Å². The minimum Gasteiger partial charge on any atom is -0.384 e. The van der Waals surface area contributed by atoms with Crippen molar-refractivity contribution < 1.29 is 27.9 Å². The minimum absolute atomic E-state index is 0.0966. The molecule has 1 aliphatic carbocycles. The number of likely N-dealkylation sites (tertiary alicyclic amines) is 1. The van der Waals surface area contributed by atoms with Crippen LogP contribution in [0, 0.1) is 5.92 Å². The Kier molecular flexibility index (Phi) is 5.85. The summed E-state index contributed by atoms with van der Waals surface area (Å²) in [6, 6.07) is 9.43. The molecule has 35 heavy (non-hydrogen) atoms. The van der Waals surface area contributed by atoms with E-state index in [9.17, 15) is 23.1 Å². The number of halogens is 5. The maximum absolute atomic E-state index is 13.4. The van der Waals surface area contributed by atoms with Gasteiger partial charge in [0.2, 0.25) is 5.91 Å². The number of benzene rings is 2. The molecule has 2 fully saturated rings. The van der Waals surface area contributed by atoms with Crippen molar-refractivity contribution >= 4 is 34.8 Å². The number of β-amino-alcohol motifs (C(OH)–C–C–N with tert-alkyl or cyclic N) is 1. The van der Waals surface area contributed by atoms with Gasteiger partial charge in [0.15, 0.2) is 5.60 Å². The van der Waals surface area contributed by atoms with E-state index in [4.69, 9.17) is 28.0 Å². The highest BCUT2D eigenvalue weighted by Crippen LogP contribution is 2.44. The number of hydrogen-bond donors (Lipinski definition) is 1. The van der Waals surface area contributed by atoms with Gasteiger partial charge in [0.1, 0.15) is 5.60 Å². The van der Waals surface area contributed by atoms with Gasteiger partial charge in [0.25, 0.3) is 0 Å². The molecule has 5 nitrogen and oxygen atoms in total. The van der Waals surface area contributed by atoms with Gasteiger partial charge in [-0.2, -0.15) is 13.2 Å². The molecule has 2 aromatic carbocycles. The highest BCUT2D eigenvalue weighted by Gasteiger charge is 2.47. The smallest absolute Gasteiger partial charge is 0.384 e. The van der Waals surface area contributed by atoms with Crippen LogP contribution in [-0.2, 0) is 27.0 Å². The average Bonchev–Trinajstić information content (AvgIpc) is 3.14. The number of hydrogen-bond acceptors (Lipinski definition) is 4. The van der Waals surface area contributed by atoms with Crippen molar-refractivity contribution in [3.05, 3.63) is 68.7 Å². The van der Waals surface area contributed by atoms with Crippen molar-refractivity contribution in [3.8, 4) is 0 Å². The summed E-state index contributed by atoms with van der Waals surface area (Å²) in [6.07, 6.45) is -1.52. The second kappa shape index (κ2) is 8.39. The van der Waals surface area contributed by atoms with E-state index in [1.165, 1.54) is 6.07 Å². The Morgan fingerprint density at radius 3 is 2.37 bits per heavy atom. The second-order valence-electron chi connectivity index (χ2n) is 9.79. The highest BCUT2D eigenvalue weighted by molar-refractivity contribution is 6.42. The number of nitrogens with zero attached hydrogens (tertiary/aromatic N) is 2. The van der Waals surface area contributed by atoms with Gasteiger partial charge in [0.05, 0.1) is 34.4 Å². The lowest BCUT2D eigenvalue weighted by atomic mass is 9.80. The van der Waals surface area contributed by atoms with Gasteiger partial charge in [-0.15, -0.1) is 0 Å².